The number of nitrogens with one attached hydrogen (secondary N) is 2. The summed E-state index contributed by atoms with van der Waals surface area (Å²) in [5, 5.41) is 2.32. The third-order valence-corrected chi connectivity index (χ3v) is 11.3. The average molecular weight is 718 g/mol. The van der Waals surface area contributed by atoms with Crippen LogP contribution in [0.5, 0.6) is 11.5 Å². The fraction of sp³-hybridized carbons (Fsp3) is 0.568. The molecule has 2 aromatic rings. The summed E-state index contributed by atoms with van der Waals surface area (Å²) in [6.45, 7) is 15.1. The van der Waals surface area contributed by atoms with Gasteiger partial charge in [0.2, 0.25) is 12.7 Å². The van der Waals surface area contributed by atoms with Crippen molar-refractivity contribution >= 4 is 30.8 Å². The molecule has 3 amide bonds. The van der Waals surface area contributed by atoms with Crippen molar-refractivity contribution in [2.75, 3.05) is 20.4 Å². The summed E-state index contributed by atoms with van der Waals surface area (Å²) in [4.78, 5) is 51.3. The molecule has 2 fully saturated rings. The number of rotatable bonds is 7. The SMILES string of the molecule is COC(=O)N[C@H](C(=O)N1C[C@H](OC(=O)N2Cc3cc4c(cc3C2)OCO4)C[C@H]1c1ncc(C2=CCC(C)(B3OC(C)(C)C(C)(C)O3)C=C2)[nH]1)C(C)C. The second kappa shape index (κ2) is 13.2. The third-order valence-electron chi connectivity index (χ3n) is 11.3. The third kappa shape index (κ3) is 6.53. The van der Waals surface area contributed by atoms with Crippen LogP contribution in [0.1, 0.15) is 90.0 Å². The number of H-pyrrole nitrogens is 1. The zero-order valence-corrected chi connectivity index (χ0v) is 31.1. The van der Waals surface area contributed by atoms with Gasteiger partial charge in [-0.3, -0.25) is 9.69 Å². The van der Waals surface area contributed by atoms with Gasteiger partial charge in [0.05, 0.1) is 42.8 Å². The molecule has 0 saturated carbocycles. The number of alkyl carbamates (subject to hydrolysis) is 1. The fourth-order valence-corrected chi connectivity index (χ4v) is 7.28. The van der Waals surface area contributed by atoms with Crippen LogP contribution in [0.15, 0.2) is 36.6 Å². The van der Waals surface area contributed by atoms with Crippen LogP contribution in [0, 0.1) is 5.92 Å². The van der Waals surface area contributed by atoms with Crippen molar-refractivity contribution in [1.29, 1.82) is 0 Å². The Kier molecular flexibility index (Phi) is 9.09. The predicted molar refractivity (Wildman–Crippen MR) is 190 cm³/mol. The van der Waals surface area contributed by atoms with Crippen molar-refractivity contribution in [3.63, 3.8) is 0 Å². The van der Waals surface area contributed by atoms with E-state index >= 15 is 0 Å². The standard InChI is InChI=1S/C37H48BN5O9/c1-21(2)30(41-33(45)47-8)32(44)43-19-25(50-34(46)42-17-23-13-28-29(49-20-48-28)14-24(23)18-42)15-27(43)31-39-16-26(40-31)22-9-11-37(7,12-10-22)38-51-35(3,4)36(5,6)52-38/h9-11,13-14,16,21,25,27,30H,12,15,17-20H2,1-8H3,(H,39,40)(H,41,45)/t25-,27+,30+,37?/m1/s1. The number of likely N-dealkylation sites (tertiary alicyclic amines) is 1. The average Bonchev–Trinajstić information content (AvgIpc) is 3.92. The van der Waals surface area contributed by atoms with E-state index in [4.69, 9.17) is 33.2 Å². The van der Waals surface area contributed by atoms with Crippen molar-refractivity contribution in [2.24, 2.45) is 5.92 Å². The molecule has 15 heteroatoms. The fourth-order valence-electron chi connectivity index (χ4n) is 7.28. The summed E-state index contributed by atoms with van der Waals surface area (Å²) in [7, 11) is 0.861. The lowest BCUT2D eigenvalue weighted by Gasteiger charge is -2.32. The summed E-state index contributed by atoms with van der Waals surface area (Å²) >= 11 is 0. The second-order valence-corrected chi connectivity index (χ2v) is 15.9. The van der Waals surface area contributed by atoms with E-state index in [1.165, 1.54) is 7.11 Å². The monoisotopic (exact) mass is 717 g/mol. The second-order valence-electron chi connectivity index (χ2n) is 15.9. The predicted octanol–water partition coefficient (Wildman–Crippen LogP) is 5.51. The lowest BCUT2D eigenvalue weighted by molar-refractivity contribution is -0.135. The first kappa shape index (κ1) is 35.9. The number of hydrogen-bond donors (Lipinski definition) is 2. The quantitative estimate of drug-likeness (QED) is 0.351. The van der Waals surface area contributed by atoms with Crippen LogP contribution < -0.4 is 14.8 Å². The molecule has 1 aromatic heterocycles. The molecule has 1 aromatic carbocycles. The summed E-state index contributed by atoms with van der Waals surface area (Å²) in [5.41, 5.74) is 2.83. The van der Waals surface area contributed by atoms with Crippen molar-refractivity contribution in [3.8, 4) is 11.5 Å². The molecule has 5 aliphatic rings. The maximum Gasteiger partial charge on any atom is 0.468 e. The molecule has 0 spiro atoms. The largest absolute Gasteiger partial charge is 0.468 e. The van der Waals surface area contributed by atoms with Gasteiger partial charge in [0.25, 0.3) is 0 Å². The highest BCUT2D eigenvalue weighted by molar-refractivity contribution is 6.50. The normalized spacial score (nSPS) is 26.0. The number of aromatic nitrogens is 2. The number of carbonyl (C=O) groups excluding carboxylic acids is 3. The van der Waals surface area contributed by atoms with Gasteiger partial charge in [0.1, 0.15) is 18.0 Å². The number of imidazole rings is 1. The van der Waals surface area contributed by atoms with Crippen molar-refractivity contribution < 1.29 is 42.6 Å². The number of carbonyl (C=O) groups is 3. The zero-order chi connectivity index (χ0) is 37.2. The Morgan fingerprint density at radius 2 is 1.69 bits per heavy atom. The van der Waals surface area contributed by atoms with E-state index < -0.39 is 48.7 Å². The molecule has 278 valence electrons. The van der Waals surface area contributed by atoms with E-state index in [9.17, 15) is 14.4 Å². The van der Waals surface area contributed by atoms with Crippen LogP contribution in [-0.4, -0.2) is 88.8 Å². The Labute approximate surface area is 304 Å². The molecule has 7 rings (SSSR count). The molecule has 1 aliphatic carbocycles. The van der Waals surface area contributed by atoms with Crippen LogP contribution in [0.4, 0.5) is 9.59 Å². The van der Waals surface area contributed by atoms with Gasteiger partial charge in [-0.15, -0.1) is 0 Å². The van der Waals surface area contributed by atoms with E-state index in [1.807, 2.05) is 32.1 Å². The number of allylic oxidation sites excluding steroid dienone is 4. The summed E-state index contributed by atoms with van der Waals surface area (Å²) in [6, 6.07) is 2.40. The van der Waals surface area contributed by atoms with Crippen molar-refractivity contribution in [3.05, 3.63) is 59.2 Å². The first-order valence-corrected chi connectivity index (χ1v) is 17.9. The molecule has 14 nitrogen and oxygen atoms in total. The minimum Gasteiger partial charge on any atom is -0.454 e. The van der Waals surface area contributed by atoms with Gasteiger partial charge in [-0.25, -0.2) is 14.6 Å². The highest BCUT2D eigenvalue weighted by atomic mass is 16.7. The van der Waals surface area contributed by atoms with Crippen LogP contribution in [-0.2, 0) is 36.7 Å². The molecule has 2 N–H and O–H groups in total. The van der Waals surface area contributed by atoms with Gasteiger partial charge in [0, 0.05) is 24.8 Å². The summed E-state index contributed by atoms with van der Waals surface area (Å²) < 4.78 is 34.7. The molecule has 2 saturated heterocycles. The van der Waals surface area contributed by atoms with Gasteiger partial charge < -0.3 is 43.5 Å². The highest BCUT2D eigenvalue weighted by Crippen LogP contribution is 2.50. The molecule has 0 bridgehead atoms. The first-order valence-electron chi connectivity index (χ1n) is 17.9. The van der Waals surface area contributed by atoms with Crippen LogP contribution in [0.2, 0.25) is 5.31 Å². The number of ether oxygens (including phenoxy) is 4. The molecule has 5 heterocycles. The topological polar surface area (TPSA) is 154 Å². The Hall–Kier alpha value is -4.50. The number of amides is 3. The van der Waals surface area contributed by atoms with E-state index in [2.05, 4.69) is 57.1 Å². The van der Waals surface area contributed by atoms with Crippen molar-refractivity contribution in [2.45, 2.75) is 109 Å². The van der Waals surface area contributed by atoms with Crippen LogP contribution >= 0.6 is 0 Å². The maximum atomic E-state index is 14.1. The Balaban J connectivity index is 1.08. The minimum absolute atomic E-state index is 0.128. The molecule has 4 atom stereocenters. The Morgan fingerprint density at radius 1 is 1.04 bits per heavy atom. The molecule has 52 heavy (non-hydrogen) atoms. The Morgan fingerprint density at radius 3 is 2.27 bits per heavy atom. The molecule has 1 unspecified atom stereocenters. The smallest absolute Gasteiger partial charge is 0.454 e. The highest BCUT2D eigenvalue weighted by Gasteiger charge is 2.57. The Bertz CT molecular complexity index is 1770. The molecule has 0 radical (unpaired) electrons. The van der Waals surface area contributed by atoms with Gasteiger partial charge in [-0.05, 0) is 68.9 Å². The van der Waals surface area contributed by atoms with E-state index in [0.29, 0.717) is 43.3 Å². The van der Waals surface area contributed by atoms with Crippen LogP contribution in [0.3, 0.4) is 0 Å². The number of nitrogens with zero attached hydrogens (tertiary/aromatic N) is 3. The minimum atomic E-state index is -0.866. The first-order chi connectivity index (χ1) is 24.6. The molecule has 4 aliphatic heterocycles. The molecular formula is C37H48BN5O9. The van der Waals surface area contributed by atoms with Gasteiger partial charge >= 0.3 is 19.3 Å². The maximum absolute atomic E-state index is 14.1. The van der Waals surface area contributed by atoms with Crippen LogP contribution in [0.25, 0.3) is 5.57 Å². The van der Waals surface area contributed by atoms with Crippen molar-refractivity contribution in [1.82, 2.24) is 25.1 Å². The van der Waals surface area contributed by atoms with E-state index in [-0.39, 0.29) is 30.5 Å². The molecular weight excluding hydrogens is 669 g/mol. The van der Waals surface area contributed by atoms with Gasteiger partial charge in [0.15, 0.2) is 11.5 Å². The van der Waals surface area contributed by atoms with E-state index in [0.717, 1.165) is 22.4 Å². The van der Waals surface area contributed by atoms with Gasteiger partial charge in [-0.1, -0.05) is 39.0 Å². The number of hydrogen-bond acceptors (Lipinski definition) is 10. The lowest BCUT2D eigenvalue weighted by Crippen LogP contribution is -2.51. The number of fused-ring (bicyclic) bond motifs is 2. The number of aromatic amines is 1. The number of methoxy groups -OCH3 is 1. The lowest BCUT2D eigenvalue weighted by atomic mass is 9.55. The van der Waals surface area contributed by atoms with Gasteiger partial charge in [-0.2, -0.15) is 0 Å². The summed E-state index contributed by atoms with van der Waals surface area (Å²) in [5.74, 6) is 1.32. The summed E-state index contributed by atoms with van der Waals surface area (Å²) in [6.07, 6.45) is 7.27. The number of benzene rings is 1. The van der Waals surface area contributed by atoms with E-state index in [1.54, 1.807) is 16.0 Å². The zero-order valence-electron chi connectivity index (χ0n) is 31.1.